The highest BCUT2D eigenvalue weighted by atomic mass is 19.4. The van der Waals surface area contributed by atoms with E-state index in [4.69, 9.17) is 5.73 Å². The monoisotopic (exact) mass is 274 g/mol. The normalized spacial score (nSPS) is 15.0. The Balaban J connectivity index is 2.13. The molecule has 0 aliphatic carbocycles. The van der Waals surface area contributed by atoms with Crippen molar-refractivity contribution in [1.82, 2.24) is 4.90 Å². The van der Waals surface area contributed by atoms with E-state index in [-0.39, 0.29) is 16.8 Å². The second kappa shape index (κ2) is 4.54. The Kier molecular flexibility index (Phi) is 3.19. The maximum absolute atomic E-state index is 11.9. The van der Waals surface area contributed by atoms with Gasteiger partial charge in [0.2, 0.25) is 0 Å². The van der Waals surface area contributed by atoms with Crippen LogP contribution in [0.15, 0.2) is 18.2 Å². The number of rotatable bonds is 3. The van der Waals surface area contributed by atoms with Gasteiger partial charge in [0.1, 0.15) is 0 Å². The van der Waals surface area contributed by atoms with Crippen LogP contribution in [0, 0.1) is 0 Å². The lowest BCUT2D eigenvalue weighted by Crippen LogP contribution is -2.34. The minimum Gasteiger partial charge on any atom is -0.398 e. The average molecular weight is 274 g/mol. The fourth-order valence-electron chi connectivity index (χ4n) is 1.82. The van der Waals surface area contributed by atoms with Crippen LogP contribution in [0.2, 0.25) is 0 Å². The molecule has 0 atom stereocenters. The summed E-state index contributed by atoms with van der Waals surface area (Å²) in [7, 11) is 0. The molecule has 0 saturated carbocycles. The van der Waals surface area contributed by atoms with Gasteiger partial charge in [-0.05, 0) is 12.1 Å². The van der Waals surface area contributed by atoms with Crippen LogP contribution < -0.4 is 5.73 Å². The Labute approximate surface area is 105 Å². The van der Waals surface area contributed by atoms with Gasteiger partial charge < -0.3 is 5.73 Å². The number of nitrogens with zero attached hydrogens (tertiary/aromatic N) is 1. The Morgan fingerprint density at radius 3 is 2.47 bits per heavy atom. The number of anilines is 1. The largest absolute Gasteiger partial charge is 0.522 e. The zero-order valence-electron chi connectivity index (χ0n) is 9.53. The van der Waals surface area contributed by atoms with Gasteiger partial charge in [-0.1, -0.05) is 6.07 Å². The smallest absolute Gasteiger partial charge is 0.398 e. The molecule has 0 bridgehead atoms. The van der Waals surface area contributed by atoms with E-state index in [0.717, 1.165) is 0 Å². The molecular weight excluding hydrogens is 265 g/mol. The number of carbonyl (C=O) groups is 2. The molecule has 1 aliphatic heterocycles. The first-order valence-corrected chi connectivity index (χ1v) is 5.26. The van der Waals surface area contributed by atoms with Crippen LogP contribution in [0.1, 0.15) is 20.7 Å². The van der Waals surface area contributed by atoms with E-state index < -0.39 is 31.3 Å². The van der Waals surface area contributed by atoms with Crippen LogP contribution in [0.3, 0.4) is 0 Å². The van der Waals surface area contributed by atoms with Gasteiger partial charge in [0.25, 0.3) is 11.8 Å². The van der Waals surface area contributed by atoms with Gasteiger partial charge in [0.15, 0.2) is 0 Å². The Hall–Kier alpha value is -2.09. The molecule has 0 aromatic heterocycles. The summed E-state index contributed by atoms with van der Waals surface area (Å²) >= 11 is 0. The Morgan fingerprint density at radius 2 is 1.89 bits per heavy atom. The summed E-state index contributed by atoms with van der Waals surface area (Å²) in [6.07, 6.45) is -4.79. The molecule has 2 amide bonds. The standard InChI is InChI=1S/C11H9F3N2O3/c12-11(13,14)19-5-4-16-9(17)6-2-1-3-7(15)8(6)10(16)18/h1-3H,4-5,15H2. The van der Waals surface area contributed by atoms with Crippen LogP contribution >= 0.6 is 0 Å². The number of amides is 2. The summed E-state index contributed by atoms with van der Waals surface area (Å²) in [5.41, 5.74) is 5.82. The van der Waals surface area contributed by atoms with E-state index in [1.165, 1.54) is 18.2 Å². The van der Waals surface area contributed by atoms with E-state index in [9.17, 15) is 22.8 Å². The molecular formula is C11H9F3N2O3. The molecule has 0 fully saturated rings. The molecule has 102 valence electrons. The Bertz CT molecular complexity index is 542. The molecule has 19 heavy (non-hydrogen) atoms. The predicted molar refractivity (Wildman–Crippen MR) is 58.2 cm³/mol. The lowest BCUT2D eigenvalue weighted by molar-refractivity contribution is -0.324. The minimum absolute atomic E-state index is 0.0273. The number of fused-ring (bicyclic) bond motifs is 1. The second-order valence-corrected chi connectivity index (χ2v) is 3.83. The molecule has 0 saturated heterocycles. The highest BCUT2D eigenvalue weighted by Gasteiger charge is 2.37. The highest BCUT2D eigenvalue weighted by Crippen LogP contribution is 2.27. The lowest BCUT2D eigenvalue weighted by Gasteiger charge is -2.14. The number of ether oxygens (including phenoxy) is 1. The third-order valence-electron chi connectivity index (χ3n) is 2.61. The zero-order chi connectivity index (χ0) is 14.2. The van der Waals surface area contributed by atoms with E-state index >= 15 is 0 Å². The maximum atomic E-state index is 11.9. The quantitative estimate of drug-likeness (QED) is 0.668. The van der Waals surface area contributed by atoms with Gasteiger partial charge in [-0.25, -0.2) is 0 Å². The highest BCUT2D eigenvalue weighted by molar-refractivity contribution is 6.23. The van der Waals surface area contributed by atoms with Crippen LogP contribution in [0.4, 0.5) is 18.9 Å². The van der Waals surface area contributed by atoms with Gasteiger partial charge in [0.05, 0.1) is 24.3 Å². The minimum atomic E-state index is -4.79. The summed E-state index contributed by atoms with van der Waals surface area (Å²) in [4.78, 5) is 24.4. The summed E-state index contributed by atoms with van der Waals surface area (Å²) in [6.45, 7) is -1.29. The van der Waals surface area contributed by atoms with Crippen molar-refractivity contribution in [2.45, 2.75) is 6.36 Å². The van der Waals surface area contributed by atoms with Gasteiger partial charge >= 0.3 is 6.36 Å². The average Bonchev–Trinajstić information content (AvgIpc) is 2.54. The third kappa shape index (κ3) is 2.53. The number of imide groups is 1. The van der Waals surface area contributed by atoms with E-state index in [2.05, 4.69) is 4.74 Å². The number of alkyl halides is 3. The summed E-state index contributed by atoms with van der Waals surface area (Å²) in [5.74, 6) is -1.37. The molecule has 0 spiro atoms. The first-order valence-electron chi connectivity index (χ1n) is 5.26. The molecule has 2 rings (SSSR count). The van der Waals surface area contributed by atoms with Crippen LogP contribution in [0.5, 0.6) is 0 Å². The number of benzene rings is 1. The summed E-state index contributed by atoms with van der Waals surface area (Å²) in [5, 5.41) is 0. The number of nitrogen functional groups attached to an aromatic ring is 1. The number of hydrogen-bond acceptors (Lipinski definition) is 4. The van der Waals surface area contributed by atoms with Crippen molar-refractivity contribution in [3.8, 4) is 0 Å². The molecule has 1 aliphatic rings. The lowest BCUT2D eigenvalue weighted by atomic mass is 10.1. The van der Waals surface area contributed by atoms with Crippen molar-refractivity contribution < 1.29 is 27.5 Å². The predicted octanol–water partition coefficient (Wildman–Crippen LogP) is 1.40. The van der Waals surface area contributed by atoms with Crippen molar-refractivity contribution in [3.63, 3.8) is 0 Å². The molecule has 0 radical (unpaired) electrons. The molecule has 8 heteroatoms. The number of halogens is 3. The Morgan fingerprint density at radius 1 is 1.21 bits per heavy atom. The van der Waals surface area contributed by atoms with Crippen LogP contribution in [-0.4, -0.2) is 36.2 Å². The molecule has 1 aromatic rings. The molecule has 2 N–H and O–H groups in total. The number of hydrogen-bond donors (Lipinski definition) is 1. The van der Waals surface area contributed by atoms with Gasteiger partial charge in [-0.2, -0.15) is 0 Å². The topological polar surface area (TPSA) is 72.6 Å². The summed E-state index contributed by atoms with van der Waals surface area (Å²) in [6, 6.07) is 4.34. The third-order valence-corrected chi connectivity index (χ3v) is 2.61. The van der Waals surface area contributed by atoms with Crippen LogP contribution in [-0.2, 0) is 4.74 Å². The first-order chi connectivity index (χ1) is 8.81. The fraction of sp³-hybridized carbons (Fsp3) is 0.273. The van der Waals surface area contributed by atoms with Gasteiger partial charge in [0, 0.05) is 5.69 Å². The first kappa shape index (κ1) is 13.3. The number of nitrogens with two attached hydrogens (primary N) is 1. The zero-order valence-corrected chi connectivity index (χ0v) is 9.53. The van der Waals surface area contributed by atoms with Crippen molar-refractivity contribution in [2.24, 2.45) is 0 Å². The van der Waals surface area contributed by atoms with Crippen molar-refractivity contribution >= 4 is 17.5 Å². The molecule has 1 heterocycles. The SMILES string of the molecule is Nc1cccc2c1C(=O)N(CCOC(F)(F)F)C2=O. The second-order valence-electron chi connectivity index (χ2n) is 3.83. The molecule has 1 aromatic carbocycles. The molecule has 0 unspecified atom stereocenters. The van der Waals surface area contributed by atoms with Crippen LogP contribution in [0.25, 0.3) is 0 Å². The van der Waals surface area contributed by atoms with E-state index in [1.54, 1.807) is 0 Å². The van der Waals surface area contributed by atoms with Gasteiger partial charge in [-0.15, -0.1) is 13.2 Å². The molecule has 5 nitrogen and oxygen atoms in total. The summed E-state index contributed by atoms with van der Waals surface area (Å²) < 4.78 is 39.0. The van der Waals surface area contributed by atoms with Crippen molar-refractivity contribution in [2.75, 3.05) is 18.9 Å². The van der Waals surface area contributed by atoms with Gasteiger partial charge in [-0.3, -0.25) is 19.2 Å². The fourth-order valence-corrected chi connectivity index (χ4v) is 1.82. The maximum Gasteiger partial charge on any atom is 0.522 e. The van der Waals surface area contributed by atoms with Crippen molar-refractivity contribution in [3.05, 3.63) is 29.3 Å². The number of carbonyl (C=O) groups excluding carboxylic acids is 2. The van der Waals surface area contributed by atoms with E-state index in [1.807, 2.05) is 0 Å². The van der Waals surface area contributed by atoms with E-state index in [0.29, 0.717) is 4.90 Å². The van der Waals surface area contributed by atoms with Crippen molar-refractivity contribution in [1.29, 1.82) is 0 Å².